The molecule has 0 fully saturated rings. The van der Waals surface area contributed by atoms with Crippen molar-refractivity contribution in [2.24, 2.45) is 0 Å². The van der Waals surface area contributed by atoms with Gasteiger partial charge in [0, 0.05) is 23.8 Å². The van der Waals surface area contributed by atoms with Crippen LogP contribution in [0.15, 0.2) is 60.7 Å². The van der Waals surface area contributed by atoms with E-state index in [1.165, 1.54) is 0 Å². The van der Waals surface area contributed by atoms with Crippen molar-refractivity contribution in [2.45, 2.75) is 13.1 Å². The molecule has 3 aromatic rings. The number of carboxylic acid groups (broad SMARTS) is 1. The molecule has 0 bridgehead atoms. The highest BCUT2D eigenvalue weighted by Gasteiger charge is 2.15. The van der Waals surface area contributed by atoms with E-state index in [1.54, 1.807) is 42.5 Å². The fraction of sp³-hybridized carbons (Fsp3) is 0.130. The fourth-order valence-electron chi connectivity index (χ4n) is 3.15. The number of carbonyl (C=O) groups excluding carboxylic acids is 1. The summed E-state index contributed by atoms with van der Waals surface area (Å²) in [5.74, 6) is 0.0982. The van der Waals surface area contributed by atoms with Crippen LogP contribution in [0.4, 0.5) is 5.69 Å². The zero-order chi connectivity index (χ0) is 21.8. The van der Waals surface area contributed by atoms with E-state index in [2.05, 4.69) is 10.6 Å². The van der Waals surface area contributed by atoms with E-state index in [0.29, 0.717) is 40.9 Å². The highest BCUT2D eigenvalue weighted by Crippen LogP contribution is 2.32. The molecule has 3 aromatic carbocycles. The minimum atomic E-state index is -0.973. The number of nitrogens with one attached hydrogen (secondary N) is 2. The number of halogens is 1. The minimum Gasteiger partial charge on any atom is -0.478 e. The van der Waals surface area contributed by atoms with Gasteiger partial charge >= 0.3 is 5.97 Å². The summed E-state index contributed by atoms with van der Waals surface area (Å²) in [6.45, 7) is 0.934. The second-order valence-corrected chi connectivity index (χ2v) is 7.35. The number of rotatable bonds is 7. The first-order valence-corrected chi connectivity index (χ1v) is 9.90. The van der Waals surface area contributed by atoms with Gasteiger partial charge in [0.1, 0.15) is 0 Å². The smallest absolute Gasteiger partial charge is 0.335 e. The number of hydrogen-bond acceptors (Lipinski definition) is 5. The molecule has 3 N–H and O–H groups in total. The molecule has 7 nitrogen and oxygen atoms in total. The average molecular weight is 439 g/mol. The molecule has 0 aromatic heterocycles. The molecule has 0 atom stereocenters. The highest BCUT2D eigenvalue weighted by molar-refractivity contribution is 6.31. The molecule has 4 rings (SSSR count). The Bertz CT molecular complexity index is 1130. The zero-order valence-electron chi connectivity index (χ0n) is 16.4. The van der Waals surface area contributed by atoms with E-state index in [9.17, 15) is 9.59 Å². The lowest BCUT2D eigenvalue weighted by Gasteiger charge is -2.13. The molecule has 0 spiro atoms. The lowest BCUT2D eigenvalue weighted by molar-refractivity contribution is 0.0696. The van der Waals surface area contributed by atoms with Gasteiger partial charge in [0.05, 0.1) is 11.1 Å². The number of aromatic carboxylic acids is 1. The first kappa shape index (κ1) is 20.6. The Morgan fingerprint density at radius 1 is 0.903 bits per heavy atom. The van der Waals surface area contributed by atoms with Crippen LogP contribution in [0.25, 0.3) is 0 Å². The van der Waals surface area contributed by atoms with Crippen LogP contribution in [-0.4, -0.2) is 23.8 Å². The molecule has 0 unspecified atom stereocenters. The summed E-state index contributed by atoms with van der Waals surface area (Å²) in [5.41, 5.74) is 3.02. The number of amides is 1. The van der Waals surface area contributed by atoms with Gasteiger partial charge in [0.2, 0.25) is 6.79 Å². The van der Waals surface area contributed by atoms with E-state index in [4.69, 9.17) is 26.2 Å². The van der Waals surface area contributed by atoms with Crippen LogP contribution in [0.2, 0.25) is 5.02 Å². The minimum absolute atomic E-state index is 0.196. The maximum atomic E-state index is 12.8. The van der Waals surface area contributed by atoms with Gasteiger partial charge in [-0.15, -0.1) is 0 Å². The Morgan fingerprint density at radius 3 is 2.42 bits per heavy atom. The second kappa shape index (κ2) is 8.97. The van der Waals surface area contributed by atoms with Gasteiger partial charge in [-0.3, -0.25) is 4.79 Å². The summed E-state index contributed by atoms with van der Waals surface area (Å²) in [6.07, 6.45) is 0. The molecule has 0 radical (unpaired) electrons. The maximum absolute atomic E-state index is 12.8. The van der Waals surface area contributed by atoms with Gasteiger partial charge in [-0.1, -0.05) is 29.8 Å². The normalized spacial score (nSPS) is 11.8. The van der Waals surface area contributed by atoms with Crippen LogP contribution in [-0.2, 0) is 13.1 Å². The van der Waals surface area contributed by atoms with E-state index < -0.39 is 5.97 Å². The molecule has 158 valence electrons. The summed E-state index contributed by atoms with van der Waals surface area (Å²) in [5, 5.41) is 15.6. The summed E-state index contributed by atoms with van der Waals surface area (Å²) in [7, 11) is 0. The van der Waals surface area contributed by atoms with Crippen molar-refractivity contribution in [3.63, 3.8) is 0 Å². The SMILES string of the molecule is O=C(O)c1ccc(CNc2ccc(Cl)cc2C(=O)NCc2ccc3c(c2)OCO3)cc1. The van der Waals surface area contributed by atoms with Crippen LogP contribution >= 0.6 is 11.6 Å². The van der Waals surface area contributed by atoms with Crippen LogP contribution in [0, 0.1) is 0 Å². The number of carboxylic acids is 1. The Morgan fingerprint density at radius 2 is 1.65 bits per heavy atom. The molecule has 1 aliphatic heterocycles. The third-order valence-electron chi connectivity index (χ3n) is 4.80. The van der Waals surface area contributed by atoms with E-state index in [-0.39, 0.29) is 18.3 Å². The number of ether oxygens (including phenoxy) is 2. The first-order chi connectivity index (χ1) is 15.0. The number of fused-ring (bicyclic) bond motifs is 1. The van der Waals surface area contributed by atoms with E-state index >= 15 is 0 Å². The van der Waals surface area contributed by atoms with Crippen molar-refractivity contribution in [2.75, 3.05) is 12.1 Å². The maximum Gasteiger partial charge on any atom is 0.335 e. The number of carbonyl (C=O) groups is 2. The average Bonchev–Trinajstić information content (AvgIpc) is 3.24. The standard InChI is InChI=1S/C23H19ClN2O5/c24-17-6-7-19(25-11-14-1-4-16(5-2-14)23(28)29)18(10-17)22(27)26-12-15-3-8-20-21(9-15)31-13-30-20/h1-10,25H,11-13H2,(H,26,27)(H,28,29). The molecule has 1 amide bonds. The third kappa shape index (κ3) is 4.90. The van der Waals surface area contributed by atoms with E-state index in [0.717, 1.165) is 11.1 Å². The van der Waals surface area contributed by atoms with Crippen molar-refractivity contribution in [3.8, 4) is 11.5 Å². The van der Waals surface area contributed by atoms with Crippen LogP contribution in [0.3, 0.4) is 0 Å². The van der Waals surface area contributed by atoms with Crippen molar-refractivity contribution in [1.29, 1.82) is 0 Å². The van der Waals surface area contributed by atoms with Gasteiger partial charge in [-0.25, -0.2) is 4.79 Å². The number of anilines is 1. The second-order valence-electron chi connectivity index (χ2n) is 6.92. The number of benzene rings is 3. The Kier molecular flexibility index (Phi) is 5.95. The molecule has 1 aliphatic rings. The monoisotopic (exact) mass is 438 g/mol. The molecule has 0 saturated carbocycles. The Labute approximate surface area is 183 Å². The van der Waals surface area contributed by atoms with Crippen molar-refractivity contribution >= 4 is 29.2 Å². The largest absolute Gasteiger partial charge is 0.478 e. The molecule has 8 heteroatoms. The topological polar surface area (TPSA) is 96.9 Å². The van der Waals surface area contributed by atoms with Gasteiger partial charge < -0.3 is 25.2 Å². The summed E-state index contributed by atoms with van der Waals surface area (Å²) < 4.78 is 10.7. The summed E-state index contributed by atoms with van der Waals surface area (Å²) >= 11 is 6.11. The summed E-state index contributed by atoms with van der Waals surface area (Å²) in [6, 6.07) is 17.1. The molecule has 1 heterocycles. The molecule has 0 saturated heterocycles. The van der Waals surface area contributed by atoms with Crippen molar-refractivity contribution in [3.05, 3.63) is 87.9 Å². The highest BCUT2D eigenvalue weighted by atomic mass is 35.5. The summed E-state index contributed by atoms with van der Waals surface area (Å²) in [4.78, 5) is 23.8. The Hall–Kier alpha value is -3.71. The van der Waals surface area contributed by atoms with E-state index in [1.807, 2.05) is 18.2 Å². The lowest BCUT2D eigenvalue weighted by Crippen LogP contribution is -2.24. The lowest BCUT2D eigenvalue weighted by atomic mass is 10.1. The van der Waals surface area contributed by atoms with Crippen LogP contribution in [0.5, 0.6) is 11.5 Å². The predicted octanol–water partition coefficient (Wildman–Crippen LogP) is 4.31. The molecule has 31 heavy (non-hydrogen) atoms. The predicted molar refractivity (Wildman–Crippen MR) is 116 cm³/mol. The molecular weight excluding hydrogens is 420 g/mol. The Balaban J connectivity index is 1.43. The van der Waals surface area contributed by atoms with Gasteiger partial charge in [-0.2, -0.15) is 0 Å². The van der Waals surface area contributed by atoms with Crippen molar-refractivity contribution in [1.82, 2.24) is 5.32 Å². The van der Waals surface area contributed by atoms with Gasteiger partial charge in [-0.05, 0) is 53.6 Å². The van der Waals surface area contributed by atoms with Gasteiger partial charge in [0.25, 0.3) is 5.91 Å². The van der Waals surface area contributed by atoms with Gasteiger partial charge in [0.15, 0.2) is 11.5 Å². The molecular formula is C23H19ClN2O5. The number of hydrogen-bond donors (Lipinski definition) is 3. The fourth-order valence-corrected chi connectivity index (χ4v) is 3.32. The van der Waals surface area contributed by atoms with Crippen LogP contribution < -0.4 is 20.1 Å². The third-order valence-corrected chi connectivity index (χ3v) is 5.04. The first-order valence-electron chi connectivity index (χ1n) is 9.52. The quantitative estimate of drug-likeness (QED) is 0.508. The molecule has 0 aliphatic carbocycles. The van der Waals surface area contributed by atoms with Crippen LogP contribution in [0.1, 0.15) is 31.8 Å². The zero-order valence-corrected chi connectivity index (χ0v) is 17.1. The van der Waals surface area contributed by atoms with Crippen molar-refractivity contribution < 1.29 is 24.2 Å².